The Morgan fingerprint density at radius 2 is 1.84 bits per heavy atom. The van der Waals surface area contributed by atoms with E-state index in [1.54, 1.807) is 27.7 Å². The fraction of sp³-hybridized carbons (Fsp3) is 0.714. The second-order valence-corrected chi connectivity index (χ2v) is 5.47. The van der Waals surface area contributed by atoms with Gasteiger partial charge in [0.25, 0.3) is 0 Å². The highest BCUT2D eigenvalue weighted by Gasteiger charge is 2.24. The maximum absolute atomic E-state index is 11.7. The number of carbonyl (C=O) groups excluding carboxylic acids is 2. The number of hydrogen-bond acceptors (Lipinski definition) is 4. The molecule has 0 aliphatic rings. The topological polar surface area (TPSA) is 64.6 Å². The van der Waals surface area contributed by atoms with Crippen LogP contribution in [0.15, 0.2) is 11.6 Å². The van der Waals surface area contributed by atoms with Crippen molar-refractivity contribution in [3.8, 4) is 0 Å². The van der Waals surface area contributed by atoms with E-state index in [-0.39, 0.29) is 6.61 Å². The van der Waals surface area contributed by atoms with Crippen LogP contribution < -0.4 is 5.32 Å². The molecule has 0 aromatic rings. The molecule has 110 valence electrons. The molecule has 0 fully saturated rings. The van der Waals surface area contributed by atoms with Gasteiger partial charge in [0.15, 0.2) is 0 Å². The third-order valence-electron chi connectivity index (χ3n) is 2.02. The van der Waals surface area contributed by atoms with Crippen molar-refractivity contribution >= 4 is 12.1 Å². The van der Waals surface area contributed by atoms with E-state index in [9.17, 15) is 9.59 Å². The molecule has 0 saturated carbocycles. The van der Waals surface area contributed by atoms with E-state index in [4.69, 9.17) is 9.47 Å². The SMILES string of the molecule is CCOC(=O)[C@H](CC=C(C)C)NC(=O)OC(C)(C)C. The standard InChI is InChI=1S/C14H25NO4/c1-7-18-12(16)11(9-8-10(2)3)15-13(17)19-14(4,5)6/h8,11H,7,9H2,1-6H3,(H,15,17)/t11-/m0/s1. The van der Waals surface area contributed by atoms with Crippen molar-refractivity contribution in [2.75, 3.05) is 6.61 Å². The van der Waals surface area contributed by atoms with Gasteiger partial charge in [-0.2, -0.15) is 0 Å². The molecule has 0 aromatic carbocycles. The number of hydrogen-bond donors (Lipinski definition) is 1. The average molecular weight is 271 g/mol. The molecule has 0 rings (SSSR count). The van der Waals surface area contributed by atoms with Gasteiger partial charge in [0, 0.05) is 0 Å². The minimum atomic E-state index is -0.718. The Balaban J connectivity index is 4.62. The molecule has 0 aliphatic heterocycles. The average Bonchev–Trinajstić information content (AvgIpc) is 2.21. The van der Waals surface area contributed by atoms with Gasteiger partial charge in [-0.3, -0.25) is 0 Å². The minimum Gasteiger partial charge on any atom is -0.464 e. The molecule has 0 heterocycles. The Kier molecular flexibility index (Phi) is 7.19. The molecule has 0 unspecified atom stereocenters. The Hall–Kier alpha value is -1.52. The Labute approximate surface area is 115 Å². The summed E-state index contributed by atoms with van der Waals surface area (Å²) in [6, 6.07) is -0.718. The normalized spacial score (nSPS) is 12.3. The molecule has 5 heteroatoms. The first-order chi connectivity index (χ1) is 8.65. The van der Waals surface area contributed by atoms with Gasteiger partial charge in [0.1, 0.15) is 11.6 Å². The van der Waals surface area contributed by atoms with Crippen LogP contribution in [0.25, 0.3) is 0 Å². The van der Waals surface area contributed by atoms with Gasteiger partial charge in [-0.15, -0.1) is 0 Å². The fourth-order valence-corrected chi connectivity index (χ4v) is 1.26. The van der Waals surface area contributed by atoms with Crippen LogP contribution >= 0.6 is 0 Å². The molecule has 0 aliphatic carbocycles. The summed E-state index contributed by atoms with van der Waals surface area (Å²) < 4.78 is 10.1. The number of ether oxygens (including phenoxy) is 2. The Bertz CT molecular complexity index is 338. The van der Waals surface area contributed by atoms with E-state index >= 15 is 0 Å². The highest BCUT2D eigenvalue weighted by Crippen LogP contribution is 2.08. The van der Waals surface area contributed by atoms with E-state index in [1.165, 1.54) is 0 Å². The van der Waals surface area contributed by atoms with Gasteiger partial charge in [0.05, 0.1) is 6.61 Å². The van der Waals surface area contributed by atoms with Crippen LogP contribution in [-0.4, -0.2) is 30.3 Å². The van der Waals surface area contributed by atoms with Crippen molar-refractivity contribution in [2.45, 2.75) is 59.6 Å². The summed E-state index contributed by atoms with van der Waals surface area (Å²) in [6.45, 7) is 11.2. The predicted octanol–water partition coefficient (Wildman–Crippen LogP) is 2.80. The van der Waals surface area contributed by atoms with Crippen molar-refractivity contribution in [2.24, 2.45) is 0 Å². The summed E-state index contributed by atoms with van der Waals surface area (Å²) in [4.78, 5) is 23.4. The minimum absolute atomic E-state index is 0.278. The summed E-state index contributed by atoms with van der Waals surface area (Å²) in [5, 5.41) is 2.53. The highest BCUT2D eigenvalue weighted by atomic mass is 16.6. The predicted molar refractivity (Wildman–Crippen MR) is 73.8 cm³/mol. The van der Waals surface area contributed by atoms with Gasteiger partial charge in [-0.05, 0) is 48.0 Å². The lowest BCUT2D eigenvalue weighted by atomic mass is 10.1. The van der Waals surface area contributed by atoms with Crippen molar-refractivity contribution in [3.63, 3.8) is 0 Å². The first kappa shape index (κ1) is 17.5. The molecule has 0 spiro atoms. The number of allylic oxidation sites excluding steroid dienone is 1. The molecular formula is C14H25NO4. The molecule has 0 aromatic heterocycles. The van der Waals surface area contributed by atoms with Crippen LogP contribution in [0, 0.1) is 0 Å². The lowest BCUT2D eigenvalue weighted by Crippen LogP contribution is -2.44. The molecule has 1 atom stereocenters. The maximum Gasteiger partial charge on any atom is 0.408 e. The zero-order valence-electron chi connectivity index (χ0n) is 12.7. The number of nitrogens with one attached hydrogen (secondary N) is 1. The lowest BCUT2D eigenvalue weighted by molar-refractivity contribution is -0.145. The van der Waals surface area contributed by atoms with Gasteiger partial charge >= 0.3 is 12.1 Å². The molecular weight excluding hydrogens is 246 g/mol. The van der Waals surface area contributed by atoms with Crippen LogP contribution in [0.4, 0.5) is 4.79 Å². The van der Waals surface area contributed by atoms with Gasteiger partial charge in [-0.25, -0.2) is 9.59 Å². The second kappa shape index (κ2) is 7.81. The largest absolute Gasteiger partial charge is 0.464 e. The third-order valence-corrected chi connectivity index (χ3v) is 2.02. The van der Waals surface area contributed by atoms with Gasteiger partial charge in [-0.1, -0.05) is 11.6 Å². The van der Waals surface area contributed by atoms with Crippen molar-refractivity contribution in [1.82, 2.24) is 5.32 Å². The van der Waals surface area contributed by atoms with Gasteiger partial charge < -0.3 is 14.8 Å². The van der Waals surface area contributed by atoms with Gasteiger partial charge in [0.2, 0.25) is 0 Å². The van der Waals surface area contributed by atoms with Crippen LogP contribution in [0.3, 0.4) is 0 Å². The van der Waals surface area contributed by atoms with E-state index < -0.39 is 23.7 Å². The summed E-state index contributed by atoms with van der Waals surface area (Å²) in [5.41, 5.74) is 0.472. The van der Waals surface area contributed by atoms with Crippen LogP contribution in [-0.2, 0) is 14.3 Å². The van der Waals surface area contributed by atoms with Crippen molar-refractivity contribution in [1.29, 1.82) is 0 Å². The fourth-order valence-electron chi connectivity index (χ4n) is 1.26. The Morgan fingerprint density at radius 3 is 2.26 bits per heavy atom. The van der Waals surface area contributed by atoms with Crippen LogP contribution in [0.5, 0.6) is 0 Å². The van der Waals surface area contributed by atoms with E-state index in [1.807, 2.05) is 19.9 Å². The van der Waals surface area contributed by atoms with E-state index in [0.29, 0.717) is 6.42 Å². The zero-order valence-corrected chi connectivity index (χ0v) is 12.7. The smallest absolute Gasteiger partial charge is 0.408 e. The maximum atomic E-state index is 11.7. The number of carbonyl (C=O) groups is 2. The molecule has 0 saturated heterocycles. The summed E-state index contributed by atoms with van der Waals surface area (Å²) >= 11 is 0. The number of amides is 1. The van der Waals surface area contributed by atoms with Crippen molar-refractivity contribution < 1.29 is 19.1 Å². The first-order valence-electron chi connectivity index (χ1n) is 6.45. The molecule has 19 heavy (non-hydrogen) atoms. The number of rotatable bonds is 5. The van der Waals surface area contributed by atoms with Crippen molar-refractivity contribution in [3.05, 3.63) is 11.6 Å². The third kappa shape index (κ3) is 9.11. The summed E-state index contributed by atoms with van der Waals surface area (Å²) in [6.07, 6.45) is 1.65. The second-order valence-electron chi connectivity index (χ2n) is 5.47. The quantitative estimate of drug-likeness (QED) is 0.617. The molecule has 1 amide bonds. The molecule has 0 radical (unpaired) electrons. The molecule has 5 nitrogen and oxygen atoms in total. The van der Waals surface area contributed by atoms with Crippen LogP contribution in [0.1, 0.15) is 48.0 Å². The van der Waals surface area contributed by atoms with E-state index in [0.717, 1.165) is 5.57 Å². The summed E-state index contributed by atoms with van der Waals surface area (Å²) in [7, 11) is 0. The molecule has 1 N–H and O–H groups in total. The van der Waals surface area contributed by atoms with E-state index in [2.05, 4.69) is 5.32 Å². The Morgan fingerprint density at radius 1 is 1.26 bits per heavy atom. The lowest BCUT2D eigenvalue weighted by Gasteiger charge is -2.22. The zero-order chi connectivity index (χ0) is 15.1. The number of esters is 1. The number of alkyl carbamates (subject to hydrolysis) is 1. The summed E-state index contributed by atoms with van der Waals surface area (Å²) in [5.74, 6) is -0.453. The highest BCUT2D eigenvalue weighted by molar-refractivity contribution is 5.81. The molecule has 0 bridgehead atoms. The van der Waals surface area contributed by atoms with Crippen LogP contribution in [0.2, 0.25) is 0 Å². The monoisotopic (exact) mass is 271 g/mol. The first-order valence-corrected chi connectivity index (χ1v) is 6.45.